The smallest absolute Gasteiger partial charge is 0.227 e. The predicted molar refractivity (Wildman–Crippen MR) is 81.7 cm³/mol. The van der Waals surface area contributed by atoms with Crippen LogP contribution < -0.4 is 0 Å². The number of likely N-dealkylation sites (tertiary alicyclic amines) is 1. The Morgan fingerprint density at radius 3 is 2.87 bits per heavy atom. The largest absolute Gasteiger partial charge is 0.348 e. The number of piperidine rings is 1. The maximum absolute atomic E-state index is 12.6. The van der Waals surface area contributed by atoms with Gasteiger partial charge in [0.25, 0.3) is 0 Å². The number of nitrogens with zero attached hydrogens (tertiary/aromatic N) is 3. The molecule has 2 aliphatic rings. The molecule has 0 spiro atoms. The summed E-state index contributed by atoms with van der Waals surface area (Å²) < 4.78 is 16.4. The number of aromatic nitrogens is 2. The van der Waals surface area contributed by atoms with Gasteiger partial charge in [0.15, 0.2) is 12.1 Å². The minimum atomic E-state index is -0.265. The van der Waals surface area contributed by atoms with Crippen molar-refractivity contribution in [2.24, 2.45) is 0 Å². The van der Waals surface area contributed by atoms with Crippen LogP contribution >= 0.6 is 0 Å². The first-order chi connectivity index (χ1) is 11.3. The second-order valence-electron chi connectivity index (χ2n) is 6.11. The van der Waals surface area contributed by atoms with Gasteiger partial charge < -0.3 is 18.9 Å². The van der Waals surface area contributed by atoms with Crippen LogP contribution in [-0.2, 0) is 27.1 Å². The summed E-state index contributed by atoms with van der Waals surface area (Å²) in [6.07, 6.45) is 5.49. The summed E-state index contributed by atoms with van der Waals surface area (Å²) in [5.74, 6) is 1.38. The van der Waals surface area contributed by atoms with Crippen LogP contribution in [0.5, 0.6) is 0 Å². The van der Waals surface area contributed by atoms with Gasteiger partial charge in [0.2, 0.25) is 11.8 Å². The van der Waals surface area contributed by atoms with E-state index in [4.69, 9.17) is 14.0 Å². The zero-order chi connectivity index (χ0) is 16.1. The van der Waals surface area contributed by atoms with Gasteiger partial charge in [0.05, 0.1) is 19.3 Å². The molecule has 0 aromatic carbocycles. The Labute approximate surface area is 136 Å². The molecule has 0 bridgehead atoms. The topological polar surface area (TPSA) is 77.7 Å². The Kier molecular flexibility index (Phi) is 5.61. The number of carbonyl (C=O) groups is 1. The van der Waals surface area contributed by atoms with Crippen molar-refractivity contribution in [2.75, 3.05) is 19.8 Å². The van der Waals surface area contributed by atoms with Gasteiger partial charge in [-0.25, -0.2) is 0 Å². The number of hydrogen-bond donors (Lipinski definition) is 0. The summed E-state index contributed by atoms with van der Waals surface area (Å²) in [5.41, 5.74) is 0. The van der Waals surface area contributed by atoms with E-state index in [2.05, 4.69) is 17.1 Å². The van der Waals surface area contributed by atoms with Crippen molar-refractivity contribution in [1.29, 1.82) is 0 Å². The van der Waals surface area contributed by atoms with Crippen LogP contribution in [0.15, 0.2) is 4.52 Å². The summed E-state index contributed by atoms with van der Waals surface area (Å²) in [6.45, 7) is 4.08. The first kappa shape index (κ1) is 16.4. The van der Waals surface area contributed by atoms with Crippen LogP contribution in [0, 0.1) is 0 Å². The van der Waals surface area contributed by atoms with Gasteiger partial charge in [-0.2, -0.15) is 4.98 Å². The molecule has 3 heterocycles. The Balaban J connectivity index is 1.54. The highest BCUT2D eigenvalue weighted by Crippen LogP contribution is 2.25. The lowest BCUT2D eigenvalue weighted by Crippen LogP contribution is -2.50. The summed E-state index contributed by atoms with van der Waals surface area (Å²) in [7, 11) is 0. The molecule has 0 radical (unpaired) electrons. The number of hydrogen-bond acceptors (Lipinski definition) is 6. The molecule has 1 atom stereocenters. The lowest BCUT2D eigenvalue weighted by molar-refractivity contribution is -0.150. The Morgan fingerprint density at radius 2 is 2.09 bits per heavy atom. The van der Waals surface area contributed by atoms with E-state index in [1.807, 2.05) is 4.90 Å². The summed E-state index contributed by atoms with van der Waals surface area (Å²) in [6, 6.07) is 0.0390. The van der Waals surface area contributed by atoms with Crippen LogP contribution in [0.2, 0.25) is 0 Å². The van der Waals surface area contributed by atoms with Crippen LogP contribution in [0.3, 0.4) is 0 Å². The standard InChI is InChI=1S/C16H25N3O4/c1-2-5-13-17-14(23-18-13)7-8-15(20)19-9-4-3-6-12(19)16-21-10-11-22-16/h12,16H,2-11H2,1H3. The fourth-order valence-corrected chi connectivity index (χ4v) is 3.22. The number of ether oxygens (including phenoxy) is 2. The van der Waals surface area contributed by atoms with E-state index in [0.717, 1.165) is 44.5 Å². The van der Waals surface area contributed by atoms with Crippen LogP contribution in [0.4, 0.5) is 0 Å². The molecule has 2 fully saturated rings. The first-order valence-corrected chi connectivity index (χ1v) is 8.62. The van der Waals surface area contributed by atoms with E-state index >= 15 is 0 Å². The average Bonchev–Trinajstić information content (AvgIpc) is 3.25. The molecule has 1 unspecified atom stereocenters. The Morgan fingerprint density at radius 1 is 1.26 bits per heavy atom. The molecule has 1 amide bonds. The highest BCUT2D eigenvalue weighted by molar-refractivity contribution is 5.76. The highest BCUT2D eigenvalue weighted by Gasteiger charge is 2.36. The fraction of sp³-hybridized carbons (Fsp3) is 0.812. The monoisotopic (exact) mass is 323 g/mol. The van der Waals surface area contributed by atoms with Gasteiger partial charge in [-0.3, -0.25) is 4.79 Å². The number of aryl methyl sites for hydroxylation is 2. The third-order valence-electron chi connectivity index (χ3n) is 4.37. The molecule has 0 aliphatic carbocycles. The molecular formula is C16H25N3O4. The lowest BCUT2D eigenvalue weighted by Gasteiger charge is -2.38. The van der Waals surface area contributed by atoms with Gasteiger partial charge >= 0.3 is 0 Å². The maximum atomic E-state index is 12.6. The number of carbonyl (C=O) groups excluding carboxylic acids is 1. The molecular weight excluding hydrogens is 298 g/mol. The van der Waals surface area contributed by atoms with Crippen LogP contribution in [0.25, 0.3) is 0 Å². The second kappa shape index (κ2) is 7.88. The highest BCUT2D eigenvalue weighted by atomic mass is 16.7. The van der Waals surface area contributed by atoms with E-state index < -0.39 is 0 Å². The normalized spacial score (nSPS) is 22.7. The van der Waals surface area contributed by atoms with Crippen molar-refractivity contribution in [1.82, 2.24) is 15.0 Å². The van der Waals surface area contributed by atoms with Crippen LogP contribution in [0.1, 0.15) is 50.7 Å². The third-order valence-corrected chi connectivity index (χ3v) is 4.37. The van der Waals surface area contributed by atoms with Gasteiger partial charge in [-0.05, 0) is 25.7 Å². The van der Waals surface area contributed by atoms with Gasteiger partial charge in [-0.15, -0.1) is 0 Å². The summed E-state index contributed by atoms with van der Waals surface area (Å²) in [5, 5.41) is 3.92. The Bertz CT molecular complexity index is 513. The molecule has 1 aromatic rings. The SMILES string of the molecule is CCCc1noc(CCC(=O)N2CCCCC2C2OCCO2)n1. The zero-order valence-electron chi connectivity index (χ0n) is 13.7. The van der Waals surface area contributed by atoms with Crippen LogP contribution in [-0.4, -0.2) is 53.0 Å². The van der Waals surface area contributed by atoms with E-state index in [1.165, 1.54) is 0 Å². The molecule has 7 heteroatoms. The minimum Gasteiger partial charge on any atom is -0.348 e. The molecule has 3 rings (SSSR count). The molecule has 0 N–H and O–H groups in total. The molecule has 0 saturated carbocycles. The van der Waals surface area contributed by atoms with Gasteiger partial charge in [0.1, 0.15) is 0 Å². The van der Waals surface area contributed by atoms with Crippen molar-refractivity contribution in [3.05, 3.63) is 11.7 Å². The number of amides is 1. The lowest BCUT2D eigenvalue weighted by atomic mass is 10.0. The summed E-state index contributed by atoms with van der Waals surface area (Å²) >= 11 is 0. The van der Waals surface area contributed by atoms with Gasteiger partial charge in [-0.1, -0.05) is 12.1 Å². The minimum absolute atomic E-state index is 0.0390. The van der Waals surface area contributed by atoms with E-state index in [0.29, 0.717) is 31.9 Å². The molecule has 1 aromatic heterocycles. The quantitative estimate of drug-likeness (QED) is 0.793. The molecule has 128 valence electrons. The average molecular weight is 323 g/mol. The molecule has 23 heavy (non-hydrogen) atoms. The van der Waals surface area contributed by atoms with Crippen molar-refractivity contribution in [2.45, 2.75) is 64.2 Å². The van der Waals surface area contributed by atoms with Gasteiger partial charge in [0, 0.05) is 25.8 Å². The maximum Gasteiger partial charge on any atom is 0.227 e. The van der Waals surface area contributed by atoms with E-state index in [-0.39, 0.29) is 18.2 Å². The van der Waals surface area contributed by atoms with Crippen molar-refractivity contribution in [3.63, 3.8) is 0 Å². The van der Waals surface area contributed by atoms with E-state index in [1.54, 1.807) is 0 Å². The number of rotatable bonds is 6. The second-order valence-corrected chi connectivity index (χ2v) is 6.11. The zero-order valence-corrected chi connectivity index (χ0v) is 13.7. The van der Waals surface area contributed by atoms with Crippen molar-refractivity contribution < 1.29 is 18.8 Å². The van der Waals surface area contributed by atoms with Crippen molar-refractivity contribution >= 4 is 5.91 Å². The Hall–Kier alpha value is -1.47. The third kappa shape index (κ3) is 4.09. The molecule has 2 aliphatic heterocycles. The molecule has 7 nitrogen and oxygen atoms in total. The molecule has 2 saturated heterocycles. The fourth-order valence-electron chi connectivity index (χ4n) is 3.22. The summed E-state index contributed by atoms with van der Waals surface area (Å²) in [4.78, 5) is 18.8. The van der Waals surface area contributed by atoms with E-state index in [9.17, 15) is 4.79 Å². The predicted octanol–water partition coefficient (Wildman–Crippen LogP) is 1.71. The van der Waals surface area contributed by atoms with Crippen molar-refractivity contribution in [3.8, 4) is 0 Å². The first-order valence-electron chi connectivity index (χ1n) is 8.62.